The van der Waals surface area contributed by atoms with Crippen LogP contribution in [0.15, 0.2) is 66.0 Å². The zero-order chi connectivity index (χ0) is 11.4. The Hall–Kier alpha value is -1.67. The van der Waals surface area contributed by atoms with E-state index in [0.717, 1.165) is 0 Å². The number of allylic oxidation sites excluding steroid dienone is 2. The lowest BCUT2D eigenvalue weighted by Gasteiger charge is -2.19. The standard InChI is InChI=1S/C9H11N.C5H5N/c1-10(2)9-7-3-4-8(9)6-5-7;1-2-4-6-5-3-1/h3-6,9H,1-2H3;1-5H. The molecule has 0 atom stereocenters. The summed E-state index contributed by atoms with van der Waals surface area (Å²) in [4.78, 5) is 6.03. The normalized spacial score (nSPS) is 16.9. The van der Waals surface area contributed by atoms with Gasteiger partial charge in [0.15, 0.2) is 0 Å². The molecule has 2 nitrogen and oxygen atoms in total. The van der Waals surface area contributed by atoms with Gasteiger partial charge in [0, 0.05) is 12.4 Å². The summed E-state index contributed by atoms with van der Waals surface area (Å²) in [6.07, 6.45) is 12.3. The summed E-state index contributed by atoms with van der Waals surface area (Å²) < 4.78 is 0. The van der Waals surface area contributed by atoms with E-state index in [1.54, 1.807) is 12.4 Å². The van der Waals surface area contributed by atoms with Crippen LogP contribution in [-0.2, 0) is 0 Å². The van der Waals surface area contributed by atoms with Crippen molar-refractivity contribution in [2.24, 2.45) is 0 Å². The van der Waals surface area contributed by atoms with E-state index in [1.807, 2.05) is 18.2 Å². The molecule has 82 valence electrons. The van der Waals surface area contributed by atoms with Gasteiger partial charge in [0.1, 0.15) is 0 Å². The molecule has 1 heterocycles. The molecule has 0 amide bonds. The quantitative estimate of drug-likeness (QED) is 0.710. The minimum absolute atomic E-state index is 0.556. The van der Waals surface area contributed by atoms with Crippen LogP contribution < -0.4 is 0 Å². The molecule has 0 unspecified atom stereocenters. The van der Waals surface area contributed by atoms with Gasteiger partial charge in [0.05, 0.1) is 6.04 Å². The predicted octanol–water partition coefficient (Wildman–Crippen LogP) is 2.43. The zero-order valence-electron chi connectivity index (χ0n) is 9.67. The summed E-state index contributed by atoms with van der Waals surface area (Å²) in [5, 5.41) is 0. The Bertz CT molecular complexity index is 379. The molecule has 0 aromatic carbocycles. The first kappa shape index (κ1) is 10.8. The van der Waals surface area contributed by atoms with Gasteiger partial charge >= 0.3 is 0 Å². The minimum atomic E-state index is 0.556. The Morgan fingerprint density at radius 2 is 1.50 bits per heavy atom. The Labute approximate surface area is 96.6 Å². The van der Waals surface area contributed by atoms with Gasteiger partial charge < -0.3 is 0 Å². The molecule has 2 bridgehead atoms. The topological polar surface area (TPSA) is 16.1 Å². The first-order chi connectivity index (χ1) is 7.79. The molecule has 1 aromatic heterocycles. The van der Waals surface area contributed by atoms with Crippen LogP contribution in [0.25, 0.3) is 0 Å². The van der Waals surface area contributed by atoms with E-state index < -0.39 is 0 Å². The Morgan fingerprint density at radius 1 is 0.938 bits per heavy atom. The van der Waals surface area contributed by atoms with Gasteiger partial charge in [-0.15, -0.1) is 0 Å². The number of fused-ring (bicyclic) bond motifs is 2. The molecule has 0 saturated heterocycles. The molecular weight excluding hydrogens is 196 g/mol. The summed E-state index contributed by atoms with van der Waals surface area (Å²) >= 11 is 0. The van der Waals surface area contributed by atoms with Gasteiger partial charge in [-0.05, 0) is 37.4 Å². The summed E-state index contributed by atoms with van der Waals surface area (Å²) in [5.41, 5.74) is 2.86. The third kappa shape index (κ3) is 2.28. The van der Waals surface area contributed by atoms with Gasteiger partial charge in [-0.25, -0.2) is 0 Å². The summed E-state index contributed by atoms with van der Waals surface area (Å²) in [6, 6.07) is 6.27. The maximum atomic E-state index is 3.78. The number of aromatic nitrogens is 1. The summed E-state index contributed by atoms with van der Waals surface area (Å²) in [6.45, 7) is 0. The third-order valence-corrected chi connectivity index (χ3v) is 2.65. The van der Waals surface area contributed by atoms with E-state index in [9.17, 15) is 0 Å². The van der Waals surface area contributed by atoms with Crippen LogP contribution in [0.1, 0.15) is 0 Å². The number of likely N-dealkylation sites (N-methyl/N-ethyl adjacent to an activating group) is 1. The maximum absolute atomic E-state index is 3.78. The van der Waals surface area contributed by atoms with Crippen LogP contribution in [0.3, 0.4) is 0 Å². The fourth-order valence-corrected chi connectivity index (χ4v) is 1.96. The van der Waals surface area contributed by atoms with Crippen molar-refractivity contribution in [3.63, 3.8) is 0 Å². The van der Waals surface area contributed by atoms with Crippen LogP contribution in [0.4, 0.5) is 0 Å². The molecule has 16 heavy (non-hydrogen) atoms. The van der Waals surface area contributed by atoms with E-state index in [2.05, 4.69) is 48.3 Å². The largest absolute Gasteiger partial charge is 0.299 e. The van der Waals surface area contributed by atoms with Gasteiger partial charge in [0.2, 0.25) is 0 Å². The Balaban J connectivity index is 0.000000138. The van der Waals surface area contributed by atoms with E-state index in [0.29, 0.717) is 6.04 Å². The second-order valence-corrected chi connectivity index (χ2v) is 4.06. The number of pyridine rings is 1. The van der Waals surface area contributed by atoms with Gasteiger partial charge in [0.25, 0.3) is 0 Å². The molecule has 0 fully saturated rings. The van der Waals surface area contributed by atoms with Gasteiger partial charge in [-0.3, -0.25) is 9.88 Å². The van der Waals surface area contributed by atoms with Crippen LogP contribution in [0, 0.1) is 0 Å². The predicted molar refractivity (Wildman–Crippen MR) is 67.0 cm³/mol. The fraction of sp³-hybridized carbons (Fsp3) is 0.214. The second kappa shape index (κ2) is 4.90. The highest BCUT2D eigenvalue weighted by molar-refractivity contribution is 5.56. The average molecular weight is 212 g/mol. The van der Waals surface area contributed by atoms with Crippen molar-refractivity contribution >= 4 is 0 Å². The molecular formula is C14H16N2. The van der Waals surface area contributed by atoms with E-state index >= 15 is 0 Å². The molecule has 0 saturated carbocycles. The first-order valence-electron chi connectivity index (χ1n) is 5.40. The highest BCUT2D eigenvalue weighted by Gasteiger charge is 2.25. The Kier molecular flexibility index (Phi) is 3.32. The van der Waals surface area contributed by atoms with Crippen molar-refractivity contribution in [3.05, 3.63) is 66.0 Å². The van der Waals surface area contributed by atoms with E-state index in [4.69, 9.17) is 0 Å². The first-order valence-corrected chi connectivity index (χ1v) is 5.40. The number of hydrogen-bond acceptors (Lipinski definition) is 2. The molecule has 0 N–H and O–H groups in total. The highest BCUT2D eigenvalue weighted by Crippen LogP contribution is 2.31. The zero-order valence-corrected chi connectivity index (χ0v) is 9.67. The van der Waals surface area contributed by atoms with Crippen molar-refractivity contribution < 1.29 is 0 Å². The molecule has 2 heteroatoms. The van der Waals surface area contributed by atoms with Gasteiger partial charge in [-0.1, -0.05) is 30.4 Å². The minimum Gasteiger partial charge on any atom is -0.299 e. The number of nitrogens with zero attached hydrogens (tertiary/aromatic N) is 2. The van der Waals surface area contributed by atoms with Crippen LogP contribution in [0.2, 0.25) is 0 Å². The van der Waals surface area contributed by atoms with Crippen LogP contribution in [0.5, 0.6) is 0 Å². The van der Waals surface area contributed by atoms with Crippen molar-refractivity contribution in [2.45, 2.75) is 6.04 Å². The molecule has 0 aliphatic heterocycles. The smallest absolute Gasteiger partial charge is 0.0596 e. The molecule has 3 rings (SSSR count). The highest BCUT2D eigenvalue weighted by atomic mass is 15.1. The fourth-order valence-electron chi connectivity index (χ4n) is 1.96. The van der Waals surface area contributed by atoms with E-state index in [-0.39, 0.29) is 0 Å². The van der Waals surface area contributed by atoms with Crippen molar-refractivity contribution in [1.82, 2.24) is 9.88 Å². The Morgan fingerprint density at radius 3 is 1.69 bits per heavy atom. The lowest BCUT2D eigenvalue weighted by atomic mass is 10.1. The molecule has 1 aromatic rings. The average Bonchev–Trinajstić information content (AvgIpc) is 2.91. The van der Waals surface area contributed by atoms with Crippen LogP contribution >= 0.6 is 0 Å². The molecule has 2 aliphatic carbocycles. The number of rotatable bonds is 1. The van der Waals surface area contributed by atoms with Crippen LogP contribution in [-0.4, -0.2) is 30.0 Å². The molecule has 2 aliphatic rings. The SMILES string of the molecule is CN(C)C1C2=CC=C1C=C2.c1ccncc1. The van der Waals surface area contributed by atoms with Crippen molar-refractivity contribution in [2.75, 3.05) is 14.1 Å². The molecule has 0 radical (unpaired) electrons. The monoisotopic (exact) mass is 212 g/mol. The second-order valence-electron chi connectivity index (χ2n) is 4.06. The lowest BCUT2D eigenvalue weighted by Crippen LogP contribution is -2.26. The number of hydrogen-bond donors (Lipinski definition) is 0. The lowest BCUT2D eigenvalue weighted by molar-refractivity contribution is 0.381. The maximum Gasteiger partial charge on any atom is 0.0596 e. The molecule has 0 spiro atoms. The van der Waals surface area contributed by atoms with Gasteiger partial charge in [-0.2, -0.15) is 0 Å². The summed E-state index contributed by atoms with van der Waals surface area (Å²) in [7, 11) is 4.23. The van der Waals surface area contributed by atoms with E-state index in [1.165, 1.54) is 11.1 Å². The third-order valence-electron chi connectivity index (χ3n) is 2.65. The summed E-state index contributed by atoms with van der Waals surface area (Å²) in [5.74, 6) is 0. The van der Waals surface area contributed by atoms with Crippen molar-refractivity contribution in [1.29, 1.82) is 0 Å². The van der Waals surface area contributed by atoms with Crippen molar-refractivity contribution in [3.8, 4) is 0 Å².